The Kier molecular flexibility index (Phi) is 5.90. The third-order valence-electron chi connectivity index (χ3n) is 8.22. The number of carbonyl (C=O) groups is 1. The fourth-order valence-electron chi connectivity index (χ4n) is 5.82. The van der Waals surface area contributed by atoms with E-state index in [1.807, 2.05) is 9.42 Å². The Morgan fingerprint density at radius 3 is 2.65 bits per heavy atom. The molecule has 9 heteroatoms. The zero-order valence-corrected chi connectivity index (χ0v) is 22.5. The Morgan fingerprint density at radius 1 is 1.14 bits per heavy atom. The zero-order valence-electron chi connectivity index (χ0n) is 22.5. The molecule has 2 aliphatic rings. The van der Waals surface area contributed by atoms with Crippen LogP contribution >= 0.6 is 0 Å². The number of nitrogens with zero attached hydrogens (tertiary/aromatic N) is 7. The van der Waals surface area contributed by atoms with Crippen molar-refractivity contribution < 1.29 is 4.79 Å². The minimum atomic E-state index is 0.208. The summed E-state index contributed by atoms with van der Waals surface area (Å²) in [5.74, 6) is 1.51. The van der Waals surface area contributed by atoms with Crippen LogP contribution in [0.5, 0.6) is 0 Å². The van der Waals surface area contributed by atoms with E-state index in [1.165, 1.54) is 17.5 Å². The quantitative estimate of drug-likeness (QED) is 0.449. The lowest BCUT2D eigenvalue weighted by atomic mass is 9.95. The summed E-state index contributed by atoms with van der Waals surface area (Å²) < 4.78 is 1.86. The number of fused-ring (bicyclic) bond motifs is 2. The lowest BCUT2D eigenvalue weighted by Gasteiger charge is -2.41. The number of aryl methyl sites for hydroxylation is 1. The van der Waals surface area contributed by atoms with E-state index >= 15 is 0 Å². The molecule has 0 bridgehead atoms. The highest BCUT2D eigenvalue weighted by Crippen LogP contribution is 2.38. The van der Waals surface area contributed by atoms with Gasteiger partial charge in [0, 0.05) is 43.0 Å². The third-order valence-corrected chi connectivity index (χ3v) is 8.22. The molecule has 1 N–H and O–H groups in total. The fourth-order valence-corrected chi connectivity index (χ4v) is 5.82. The summed E-state index contributed by atoms with van der Waals surface area (Å²) in [6.45, 7) is 15.8. The van der Waals surface area contributed by atoms with Crippen molar-refractivity contribution in [1.82, 2.24) is 34.4 Å². The molecular weight excluding hydrogens is 464 g/mol. The van der Waals surface area contributed by atoms with Crippen molar-refractivity contribution in [3.63, 3.8) is 0 Å². The number of nitrogens with one attached hydrogen (secondary N) is 1. The van der Waals surface area contributed by atoms with Crippen molar-refractivity contribution in [3.8, 4) is 11.3 Å². The van der Waals surface area contributed by atoms with E-state index in [4.69, 9.17) is 4.98 Å². The number of hydrogen-bond donors (Lipinski definition) is 1. The highest BCUT2D eigenvalue weighted by Gasteiger charge is 2.30. The molecule has 0 aromatic carbocycles. The predicted octanol–water partition coefficient (Wildman–Crippen LogP) is 3.76. The molecule has 4 aromatic heterocycles. The summed E-state index contributed by atoms with van der Waals surface area (Å²) in [6, 6.07) is 4.47. The van der Waals surface area contributed by atoms with Gasteiger partial charge in [0.2, 0.25) is 5.91 Å². The third kappa shape index (κ3) is 4.05. The molecule has 2 aliphatic heterocycles. The number of H-pyrrole nitrogens is 1. The summed E-state index contributed by atoms with van der Waals surface area (Å²) in [6.07, 6.45) is 4.88. The average molecular weight is 501 g/mol. The SMILES string of the molecule is Cc1c(-c2[nH]c3ccc(N4CCN(C(=O)CN5CCC5)C[C@@H]4C)nc3c2C(C)C)cn2ncnc2c1C. The molecule has 37 heavy (non-hydrogen) atoms. The number of hydrogen-bond acceptors (Lipinski definition) is 6. The van der Waals surface area contributed by atoms with E-state index < -0.39 is 0 Å². The van der Waals surface area contributed by atoms with Gasteiger partial charge in [-0.15, -0.1) is 0 Å². The molecule has 1 amide bonds. The van der Waals surface area contributed by atoms with Crippen LogP contribution < -0.4 is 4.90 Å². The largest absolute Gasteiger partial charge is 0.353 e. The molecule has 4 aromatic rings. The second-order valence-corrected chi connectivity index (χ2v) is 11.0. The molecule has 6 rings (SSSR count). The first-order valence-electron chi connectivity index (χ1n) is 13.4. The Labute approximate surface area is 217 Å². The summed E-state index contributed by atoms with van der Waals surface area (Å²) in [5.41, 5.74) is 8.71. The van der Waals surface area contributed by atoms with Gasteiger partial charge in [-0.2, -0.15) is 5.10 Å². The highest BCUT2D eigenvalue weighted by atomic mass is 16.2. The molecule has 0 spiro atoms. The Morgan fingerprint density at radius 2 is 1.95 bits per heavy atom. The van der Waals surface area contributed by atoms with Crippen molar-refractivity contribution in [3.05, 3.63) is 41.3 Å². The summed E-state index contributed by atoms with van der Waals surface area (Å²) in [5, 5.41) is 4.40. The molecule has 0 radical (unpaired) electrons. The van der Waals surface area contributed by atoms with Gasteiger partial charge in [0.15, 0.2) is 5.65 Å². The maximum atomic E-state index is 12.8. The van der Waals surface area contributed by atoms with Crippen molar-refractivity contribution in [1.29, 1.82) is 0 Å². The number of amides is 1. The van der Waals surface area contributed by atoms with Crippen LogP contribution in [-0.4, -0.2) is 85.6 Å². The van der Waals surface area contributed by atoms with E-state index in [2.05, 4.69) is 77.8 Å². The first kappa shape index (κ1) is 23.9. The van der Waals surface area contributed by atoms with E-state index in [0.29, 0.717) is 6.54 Å². The summed E-state index contributed by atoms with van der Waals surface area (Å²) in [4.78, 5) is 32.7. The topological polar surface area (TPSA) is 85.7 Å². The summed E-state index contributed by atoms with van der Waals surface area (Å²) in [7, 11) is 0. The molecule has 2 saturated heterocycles. The predicted molar refractivity (Wildman–Crippen MR) is 146 cm³/mol. The average Bonchev–Trinajstić information content (AvgIpc) is 3.47. The maximum Gasteiger partial charge on any atom is 0.236 e. The second-order valence-electron chi connectivity index (χ2n) is 11.0. The number of carbonyl (C=O) groups excluding carboxylic acids is 1. The maximum absolute atomic E-state index is 12.8. The minimum Gasteiger partial charge on any atom is -0.353 e. The number of anilines is 1. The molecule has 0 unspecified atom stereocenters. The van der Waals surface area contributed by atoms with E-state index in [9.17, 15) is 4.79 Å². The molecule has 194 valence electrons. The number of piperazine rings is 1. The van der Waals surface area contributed by atoms with Gasteiger partial charge >= 0.3 is 0 Å². The number of rotatable bonds is 5. The van der Waals surface area contributed by atoms with Crippen LogP contribution in [0, 0.1) is 13.8 Å². The van der Waals surface area contributed by atoms with Gasteiger partial charge in [-0.1, -0.05) is 13.8 Å². The van der Waals surface area contributed by atoms with Gasteiger partial charge in [-0.25, -0.2) is 14.5 Å². The Balaban J connectivity index is 1.33. The highest BCUT2D eigenvalue weighted by molar-refractivity contribution is 5.90. The number of aromatic amines is 1. The Bertz CT molecular complexity index is 1480. The number of pyridine rings is 2. The zero-order chi connectivity index (χ0) is 25.8. The lowest BCUT2D eigenvalue weighted by Crippen LogP contribution is -2.56. The smallest absolute Gasteiger partial charge is 0.236 e. The number of likely N-dealkylation sites (tertiary alicyclic amines) is 1. The first-order chi connectivity index (χ1) is 17.8. The molecule has 2 fully saturated rings. The standard InChI is InChI=1S/C28H36N8O/c1-17(2)25-26(21-14-36-28(29-16-30-36)20(5)19(21)4)31-22-7-8-23(32-27(22)25)35-12-11-34(13-18(35)3)24(37)15-33-9-6-10-33/h7-8,14,16-18,31H,6,9-13,15H2,1-5H3/t18-/m0/s1. The van der Waals surface area contributed by atoms with Crippen molar-refractivity contribution >= 4 is 28.4 Å². The van der Waals surface area contributed by atoms with E-state index in [1.54, 1.807) is 6.33 Å². The van der Waals surface area contributed by atoms with Gasteiger partial charge in [0.05, 0.1) is 23.3 Å². The lowest BCUT2D eigenvalue weighted by molar-refractivity contribution is -0.134. The molecule has 9 nitrogen and oxygen atoms in total. The van der Waals surface area contributed by atoms with E-state index in [-0.39, 0.29) is 17.9 Å². The molecule has 6 heterocycles. The molecule has 0 saturated carbocycles. The van der Waals surface area contributed by atoms with Crippen LogP contribution in [0.15, 0.2) is 24.7 Å². The normalized spacial score (nSPS) is 18.8. The van der Waals surface area contributed by atoms with Crippen molar-refractivity contribution in [2.24, 2.45) is 0 Å². The number of aromatic nitrogens is 5. The molecule has 0 aliphatic carbocycles. The van der Waals surface area contributed by atoms with Crippen LogP contribution in [0.25, 0.3) is 27.9 Å². The van der Waals surface area contributed by atoms with Gasteiger partial charge in [0.25, 0.3) is 0 Å². The van der Waals surface area contributed by atoms with Crippen LogP contribution in [0.3, 0.4) is 0 Å². The van der Waals surface area contributed by atoms with Gasteiger partial charge < -0.3 is 14.8 Å². The van der Waals surface area contributed by atoms with Gasteiger partial charge in [0.1, 0.15) is 12.1 Å². The Hall–Kier alpha value is -3.46. The first-order valence-corrected chi connectivity index (χ1v) is 13.4. The van der Waals surface area contributed by atoms with Gasteiger partial charge in [-0.3, -0.25) is 9.69 Å². The van der Waals surface area contributed by atoms with Crippen LogP contribution in [0.2, 0.25) is 0 Å². The second kappa shape index (κ2) is 9.13. The monoisotopic (exact) mass is 500 g/mol. The van der Waals surface area contributed by atoms with Gasteiger partial charge in [-0.05, 0) is 69.5 Å². The van der Waals surface area contributed by atoms with Crippen LogP contribution in [-0.2, 0) is 4.79 Å². The van der Waals surface area contributed by atoms with Crippen molar-refractivity contribution in [2.45, 2.75) is 53.0 Å². The molecular formula is C28H36N8O. The minimum absolute atomic E-state index is 0.208. The summed E-state index contributed by atoms with van der Waals surface area (Å²) >= 11 is 0. The van der Waals surface area contributed by atoms with Crippen LogP contribution in [0.1, 0.15) is 49.8 Å². The fraction of sp³-hybridized carbons (Fsp3) is 0.500. The molecule has 1 atom stereocenters. The van der Waals surface area contributed by atoms with E-state index in [0.717, 1.165) is 72.0 Å². The van der Waals surface area contributed by atoms with Crippen molar-refractivity contribution in [2.75, 3.05) is 44.2 Å². The van der Waals surface area contributed by atoms with Crippen LogP contribution in [0.4, 0.5) is 5.82 Å².